The van der Waals surface area contributed by atoms with Crippen LogP contribution in [0.15, 0.2) is 95.2 Å². The fourth-order valence-corrected chi connectivity index (χ4v) is 5.42. The molecule has 1 aromatic heterocycles. The Hall–Kier alpha value is -3.71. The lowest BCUT2D eigenvalue weighted by Crippen LogP contribution is -2.54. The third-order valence-corrected chi connectivity index (χ3v) is 7.41. The van der Waals surface area contributed by atoms with Crippen LogP contribution in [-0.4, -0.2) is 54.5 Å². The van der Waals surface area contributed by atoms with E-state index in [1.807, 2.05) is 17.0 Å². The highest BCUT2D eigenvalue weighted by atomic mass is 16.6. The van der Waals surface area contributed by atoms with Gasteiger partial charge in [0.1, 0.15) is 12.5 Å². The van der Waals surface area contributed by atoms with E-state index in [1.54, 1.807) is 24.9 Å². The number of furan rings is 1. The van der Waals surface area contributed by atoms with Gasteiger partial charge in [-0.1, -0.05) is 36.4 Å². The quantitative estimate of drug-likeness (QED) is 0.605. The summed E-state index contributed by atoms with van der Waals surface area (Å²) < 4.78 is 17.1. The summed E-state index contributed by atoms with van der Waals surface area (Å²) in [4.78, 5) is 20.1. The van der Waals surface area contributed by atoms with Crippen molar-refractivity contribution in [2.45, 2.75) is 31.7 Å². The van der Waals surface area contributed by atoms with Crippen LogP contribution in [0.2, 0.25) is 0 Å². The number of piperazine rings is 1. The van der Waals surface area contributed by atoms with E-state index in [4.69, 9.17) is 13.9 Å². The van der Waals surface area contributed by atoms with Crippen molar-refractivity contribution in [1.29, 1.82) is 0 Å². The predicted molar refractivity (Wildman–Crippen MR) is 137 cm³/mol. The molecule has 1 unspecified atom stereocenters. The number of hydrogen-bond donors (Lipinski definition) is 0. The average molecular weight is 486 g/mol. The van der Waals surface area contributed by atoms with Crippen molar-refractivity contribution in [1.82, 2.24) is 9.80 Å². The largest absolute Gasteiger partial charge is 0.472 e. The molecule has 1 amide bonds. The zero-order valence-electron chi connectivity index (χ0n) is 20.3. The molecule has 2 aromatic rings. The topological polar surface area (TPSA) is 58.4 Å². The van der Waals surface area contributed by atoms with Gasteiger partial charge in [-0.2, -0.15) is 0 Å². The second-order valence-corrected chi connectivity index (χ2v) is 9.63. The Morgan fingerprint density at radius 1 is 1.00 bits per heavy atom. The van der Waals surface area contributed by atoms with Gasteiger partial charge < -0.3 is 23.7 Å². The van der Waals surface area contributed by atoms with Crippen LogP contribution in [0.3, 0.4) is 0 Å². The Morgan fingerprint density at radius 3 is 2.64 bits per heavy atom. The Labute approximate surface area is 211 Å². The molecule has 1 aromatic carbocycles. The van der Waals surface area contributed by atoms with Gasteiger partial charge in [0.15, 0.2) is 12.0 Å². The van der Waals surface area contributed by atoms with Crippen molar-refractivity contribution in [2.24, 2.45) is 0 Å². The number of allylic oxidation sites excluding steroid dienone is 4. The van der Waals surface area contributed by atoms with Crippen molar-refractivity contribution in [3.63, 3.8) is 0 Å². The first-order valence-electron chi connectivity index (χ1n) is 12.8. The minimum absolute atomic E-state index is 0.00334. The first kappa shape index (κ1) is 22.7. The zero-order valence-corrected chi connectivity index (χ0v) is 20.3. The van der Waals surface area contributed by atoms with Gasteiger partial charge in [-0.15, -0.1) is 0 Å². The third-order valence-electron chi connectivity index (χ3n) is 7.41. The van der Waals surface area contributed by atoms with Gasteiger partial charge in [-0.25, -0.2) is 0 Å². The molecule has 7 heteroatoms. The smallest absolute Gasteiger partial charge is 0.261 e. The molecule has 1 saturated heterocycles. The minimum Gasteiger partial charge on any atom is -0.472 e. The summed E-state index contributed by atoms with van der Waals surface area (Å²) in [6, 6.07) is 10.1. The van der Waals surface area contributed by atoms with E-state index in [1.165, 1.54) is 17.4 Å². The first-order valence-corrected chi connectivity index (χ1v) is 12.8. The Kier molecular flexibility index (Phi) is 6.38. The maximum absolute atomic E-state index is 13.5. The second kappa shape index (κ2) is 10.1. The SMILES string of the molecule is O=C(c1ccoc1)N1c2ccccc2CCC1CN1CCN(C2=COC(C3=CC=CCC3)=CO2)CC1. The molecule has 36 heavy (non-hydrogen) atoms. The van der Waals surface area contributed by atoms with Crippen molar-refractivity contribution in [3.05, 3.63) is 102 Å². The highest BCUT2D eigenvalue weighted by Gasteiger charge is 2.34. The lowest BCUT2D eigenvalue weighted by molar-refractivity contribution is 0.0791. The van der Waals surface area contributed by atoms with Gasteiger partial charge in [0.25, 0.3) is 5.91 Å². The maximum atomic E-state index is 13.5. The fraction of sp³-hybridized carbons (Fsp3) is 0.345. The number of rotatable bonds is 5. The maximum Gasteiger partial charge on any atom is 0.261 e. The lowest BCUT2D eigenvalue weighted by atomic mass is 9.94. The van der Waals surface area contributed by atoms with Gasteiger partial charge >= 0.3 is 0 Å². The van der Waals surface area contributed by atoms with Crippen LogP contribution in [0, 0.1) is 0 Å². The summed E-state index contributed by atoms with van der Waals surface area (Å²) in [7, 11) is 0. The molecule has 0 radical (unpaired) electrons. The van der Waals surface area contributed by atoms with Gasteiger partial charge in [-0.3, -0.25) is 9.69 Å². The molecule has 0 bridgehead atoms. The fourth-order valence-electron chi connectivity index (χ4n) is 5.42. The Morgan fingerprint density at radius 2 is 1.89 bits per heavy atom. The van der Waals surface area contributed by atoms with Gasteiger partial charge in [0, 0.05) is 38.4 Å². The molecule has 0 spiro atoms. The molecule has 4 heterocycles. The average Bonchev–Trinajstić information content (AvgIpc) is 3.49. The van der Waals surface area contributed by atoms with Gasteiger partial charge in [0.05, 0.1) is 17.9 Å². The Bertz CT molecular complexity index is 1220. The molecule has 0 N–H and O–H groups in total. The minimum atomic E-state index is 0.00334. The van der Waals surface area contributed by atoms with Crippen LogP contribution >= 0.6 is 0 Å². The third kappa shape index (κ3) is 4.58. The van der Waals surface area contributed by atoms with Crippen molar-refractivity contribution in [3.8, 4) is 0 Å². The Balaban J connectivity index is 1.08. The zero-order chi connectivity index (χ0) is 24.3. The highest BCUT2D eigenvalue weighted by Crippen LogP contribution is 2.33. The van der Waals surface area contributed by atoms with E-state index in [0.717, 1.165) is 75.7 Å². The van der Waals surface area contributed by atoms with E-state index in [-0.39, 0.29) is 11.9 Å². The number of nitrogens with zero attached hydrogens (tertiary/aromatic N) is 3. The van der Waals surface area contributed by atoms with E-state index in [0.29, 0.717) is 5.56 Å². The number of aryl methyl sites for hydroxylation is 1. The van der Waals surface area contributed by atoms with Crippen LogP contribution in [-0.2, 0) is 15.9 Å². The summed E-state index contributed by atoms with van der Waals surface area (Å²) in [6.45, 7) is 4.34. The molecule has 4 aliphatic rings. The van der Waals surface area contributed by atoms with E-state index < -0.39 is 0 Å². The summed E-state index contributed by atoms with van der Waals surface area (Å²) in [5.74, 6) is 1.55. The molecule has 186 valence electrons. The van der Waals surface area contributed by atoms with E-state index in [9.17, 15) is 4.79 Å². The number of para-hydroxylation sites is 1. The molecule has 3 aliphatic heterocycles. The number of amides is 1. The van der Waals surface area contributed by atoms with Crippen molar-refractivity contribution in [2.75, 3.05) is 37.6 Å². The summed E-state index contributed by atoms with van der Waals surface area (Å²) in [6.07, 6.45) is 16.8. The van der Waals surface area contributed by atoms with Gasteiger partial charge in [-0.05, 0) is 49.0 Å². The van der Waals surface area contributed by atoms with E-state index in [2.05, 4.69) is 40.2 Å². The van der Waals surface area contributed by atoms with Crippen LogP contribution in [0.25, 0.3) is 0 Å². The van der Waals surface area contributed by atoms with Gasteiger partial charge in [0.2, 0.25) is 5.88 Å². The number of anilines is 1. The first-order chi connectivity index (χ1) is 17.8. The number of benzene rings is 1. The lowest BCUT2D eigenvalue weighted by Gasteiger charge is -2.42. The number of hydrogen-bond acceptors (Lipinski definition) is 6. The number of ether oxygens (including phenoxy) is 2. The molecular formula is C29H31N3O4. The van der Waals surface area contributed by atoms with Crippen molar-refractivity contribution >= 4 is 11.6 Å². The summed E-state index contributed by atoms with van der Waals surface area (Å²) >= 11 is 0. The molecule has 1 fully saturated rings. The van der Waals surface area contributed by atoms with Crippen molar-refractivity contribution < 1.29 is 18.7 Å². The molecule has 0 saturated carbocycles. The van der Waals surface area contributed by atoms with Crippen LogP contribution in [0.1, 0.15) is 35.2 Å². The number of carbonyl (C=O) groups is 1. The van der Waals surface area contributed by atoms with E-state index >= 15 is 0 Å². The molecule has 1 atom stereocenters. The highest BCUT2D eigenvalue weighted by molar-refractivity contribution is 6.07. The van der Waals surface area contributed by atoms with Crippen LogP contribution in [0.5, 0.6) is 0 Å². The normalized spacial score (nSPS) is 22.1. The number of carbonyl (C=O) groups excluding carboxylic acids is 1. The molecular weight excluding hydrogens is 454 g/mol. The standard InChI is InChI=1S/C29H31N3O4/c33-29(24-12-17-34-19-24)32-25(11-10-22-6-4-5-9-26(22)32)18-30-13-15-31(16-14-30)28-21-35-27(20-36-28)23-7-2-1-3-8-23/h1-2,4-7,9,12,17,19-21,25H,3,8,10-11,13-16,18H2. The molecule has 1 aliphatic carbocycles. The van der Waals surface area contributed by atoms with Crippen LogP contribution in [0.4, 0.5) is 5.69 Å². The molecule has 6 rings (SSSR count). The summed E-state index contributed by atoms with van der Waals surface area (Å²) in [5.41, 5.74) is 4.00. The predicted octanol–water partition coefficient (Wildman–Crippen LogP) is 4.82. The number of fused-ring (bicyclic) bond motifs is 1. The molecule has 7 nitrogen and oxygen atoms in total. The summed E-state index contributed by atoms with van der Waals surface area (Å²) in [5, 5.41) is 0. The monoisotopic (exact) mass is 485 g/mol. The van der Waals surface area contributed by atoms with Crippen LogP contribution < -0.4 is 4.90 Å². The second-order valence-electron chi connectivity index (χ2n) is 9.63.